The van der Waals surface area contributed by atoms with Crippen LogP contribution in [0, 0.1) is 0 Å². The van der Waals surface area contributed by atoms with Gasteiger partial charge in [-0.2, -0.15) is 0 Å². The van der Waals surface area contributed by atoms with Crippen LogP contribution in [0.3, 0.4) is 0 Å². The van der Waals surface area contributed by atoms with Crippen LogP contribution in [-0.4, -0.2) is 39.8 Å². The van der Waals surface area contributed by atoms with Gasteiger partial charge in [-0.3, -0.25) is 9.78 Å². The molecule has 0 saturated carbocycles. The van der Waals surface area contributed by atoms with Gasteiger partial charge in [0.25, 0.3) is 0 Å². The molecule has 4 aromatic rings. The zero-order valence-electron chi connectivity index (χ0n) is 18.3. The molecular formula is C25H23N3O4S. The molecule has 0 spiro atoms. The van der Waals surface area contributed by atoms with Crippen molar-refractivity contribution >= 4 is 17.7 Å². The molecule has 33 heavy (non-hydrogen) atoms. The summed E-state index contributed by atoms with van der Waals surface area (Å²) in [7, 11) is 3.23. The van der Waals surface area contributed by atoms with Gasteiger partial charge in [-0.1, -0.05) is 17.8 Å². The van der Waals surface area contributed by atoms with Gasteiger partial charge < -0.3 is 19.1 Å². The van der Waals surface area contributed by atoms with E-state index in [1.165, 1.54) is 11.8 Å². The predicted molar refractivity (Wildman–Crippen MR) is 128 cm³/mol. The molecule has 2 aromatic heterocycles. The largest absolute Gasteiger partial charge is 0.497 e. The normalized spacial score (nSPS) is 10.7. The Hall–Kier alpha value is -3.78. The minimum Gasteiger partial charge on any atom is -0.497 e. The average molecular weight is 462 g/mol. The molecular weight excluding hydrogens is 438 g/mol. The number of thioether (sulfide) groups is 1. The van der Waals surface area contributed by atoms with E-state index in [9.17, 15) is 9.90 Å². The fourth-order valence-corrected chi connectivity index (χ4v) is 4.38. The second-order valence-electron chi connectivity index (χ2n) is 7.18. The van der Waals surface area contributed by atoms with Gasteiger partial charge in [0.05, 0.1) is 25.6 Å². The summed E-state index contributed by atoms with van der Waals surface area (Å²) in [5.41, 5.74) is 4.19. The van der Waals surface area contributed by atoms with E-state index in [0.717, 1.165) is 33.9 Å². The molecule has 0 aliphatic heterocycles. The highest BCUT2D eigenvalue weighted by atomic mass is 32.2. The fraction of sp³-hybridized carbons (Fsp3) is 0.160. The van der Waals surface area contributed by atoms with Gasteiger partial charge in [-0.15, -0.1) is 0 Å². The summed E-state index contributed by atoms with van der Waals surface area (Å²) < 4.78 is 12.3. The van der Waals surface area contributed by atoms with Crippen molar-refractivity contribution in [3.63, 3.8) is 0 Å². The summed E-state index contributed by atoms with van der Waals surface area (Å²) in [5, 5.41) is 10.3. The first-order valence-corrected chi connectivity index (χ1v) is 11.2. The summed E-state index contributed by atoms with van der Waals surface area (Å²) in [4.78, 5) is 20.9. The maximum Gasteiger partial charge on any atom is 0.323 e. The van der Waals surface area contributed by atoms with E-state index in [4.69, 9.17) is 14.5 Å². The molecule has 0 saturated heterocycles. The van der Waals surface area contributed by atoms with Crippen molar-refractivity contribution in [2.75, 3.05) is 14.2 Å². The van der Waals surface area contributed by atoms with E-state index in [-0.39, 0.29) is 6.54 Å². The average Bonchev–Trinajstić information content (AvgIpc) is 3.20. The smallest absolute Gasteiger partial charge is 0.323 e. The van der Waals surface area contributed by atoms with Crippen LogP contribution in [0.1, 0.15) is 5.56 Å². The standard InChI is InChI=1S/C25H23N3O4S/c1-31-20-9-5-18(6-10-20)23-24(19-7-11-21(32-2)12-8-19)28(15-22(29)30)25(27-23)33-16-17-4-3-13-26-14-17/h3-14H,15-16H2,1-2H3,(H,29,30). The highest BCUT2D eigenvalue weighted by molar-refractivity contribution is 7.98. The minimum atomic E-state index is -0.938. The number of imidazole rings is 1. The quantitative estimate of drug-likeness (QED) is 0.351. The molecule has 0 amide bonds. The van der Waals surface area contributed by atoms with Crippen LogP contribution in [0.4, 0.5) is 0 Å². The van der Waals surface area contributed by atoms with Crippen LogP contribution in [0.5, 0.6) is 11.5 Å². The first-order chi connectivity index (χ1) is 16.1. The minimum absolute atomic E-state index is 0.208. The van der Waals surface area contributed by atoms with Gasteiger partial charge in [-0.25, -0.2) is 4.98 Å². The number of hydrogen-bond donors (Lipinski definition) is 1. The topological polar surface area (TPSA) is 86.5 Å². The second kappa shape index (κ2) is 10.2. The van der Waals surface area contributed by atoms with Crippen molar-refractivity contribution in [3.8, 4) is 34.0 Å². The molecule has 0 aliphatic rings. The van der Waals surface area contributed by atoms with Crippen LogP contribution in [0.2, 0.25) is 0 Å². The van der Waals surface area contributed by atoms with Gasteiger partial charge in [-0.05, 0) is 60.2 Å². The number of carboxylic acid groups (broad SMARTS) is 1. The van der Waals surface area contributed by atoms with E-state index in [1.54, 1.807) is 31.2 Å². The Kier molecular flexibility index (Phi) is 6.95. The molecule has 0 bridgehead atoms. The third-order valence-electron chi connectivity index (χ3n) is 5.04. The van der Waals surface area contributed by atoms with Crippen LogP contribution >= 0.6 is 11.8 Å². The SMILES string of the molecule is COc1ccc(-c2nc(SCc3cccnc3)n(CC(=O)O)c2-c2ccc(OC)cc2)cc1. The van der Waals surface area contributed by atoms with Crippen molar-refractivity contribution in [1.82, 2.24) is 14.5 Å². The Labute approximate surface area is 196 Å². The molecule has 2 heterocycles. The molecule has 7 nitrogen and oxygen atoms in total. The van der Waals surface area contributed by atoms with Gasteiger partial charge >= 0.3 is 5.97 Å². The van der Waals surface area contributed by atoms with Crippen molar-refractivity contribution < 1.29 is 19.4 Å². The first kappa shape index (κ1) is 22.4. The summed E-state index contributed by atoms with van der Waals surface area (Å²) >= 11 is 1.48. The summed E-state index contributed by atoms with van der Waals surface area (Å²) in [5.74, 6) is 1.14. The van der Waals surface area contributed by atoms with E-state index in [0.29, 0.717) is 16.6 Å². The van der Waals surface area contributed by atoms with E-state index >= 15 is 0 Å². The van der Waals surface area contributed by atoms with Gasteiger partial charge in [0.1, 0.15) is 18.0 Å². The van der Waals surface area contributed by atoms with Gasteiger partial charge in [0.2, 0.25) is 0 Å². The Morgan fingerprint density at radius 1 is 0.970 bits per heavy atom. The second-order valence-corrected chi connectivity index (χ2v) is 8.12. The Morgan fingerprint density at radius 2 is 1.61 bits per heavy atom. The predicted octanol–water partition coefficient (Wildman–Crippen LogP) is 5.01. The molecule has 168 valence electrons. The monoisotopic (exact) mass is 461 g/mol. The number of ether oxygens (including phenoxy) is 2. The van der Waals surface area contributed by atoms with Crippen molar-refractivity contribution in [2.24, 2.45) is 0 Å². The molecule has 0 aliphatic carbocycles. The Morgan fingerprint density at radius 3 is 2.15 bits per heavy atom. The third kappa shape index (κ3) is 5.18. The summed E-state index contributed by atoms with van der Waals surface area (Å²) in [6.45, 7) is -0.208. The molecule has 8 heteroatoms. The number of aliphatic carboxylic acids is 1. The van der Waals surface area contributed by atoms with Crippen LogP contribution < -0.4 is 9.47 Å². The summed E-state index contributed by atoms with van der Waals surface area (Å²) in [6.07, 6.45) is 3.52. The number of benzene rings is 2. The maximum absolute atomic E-state index is 11.8. The molecule has 0 fully saturated rings. The first-order valence-electron chi connectivity index (χ1n) is 10.2. The van der Waals surface area contributed by atoms with Crippen molar-refractivity contribution in [1.29, 1.82) is 0 Å². The molecule has 0 unspecified atom stereocenters. The number of hydrogen-bond acceptors (Lipinski definition) is 6. The molecule has 0 radical (unpaired) electrons. The fourth-order valence-electron chi connectivity index (χ4n) is 3.45. The van der Waals surface area contributed by atoms with Crippen molar-refractivity contribution in [2.45, 2.75) is 17.5 Å². The molecule has 1 N–H and O–H groups in total. The molecule has 2 aromatic carbocycles. The number of nitrogens with zero attached hydrogens (tertiary/aromatic N) is 3. The number of carboxylic acids is 1. The van der Waals surface area contributed by atoms with E-state index in [2.05, 4.69) is 4.98 Å². The number of aromatic nitrogens is 3. The van der Waals surface area contributed by atoms with E-state index < -0.39 is 5.97 Å². The lowest BCUT2D eigenvalue weighted by atomic mass is 10.0. The summed E-state index contributed by atoms with van der Waals surface area (Å²) in [6, 6.07) is 19.0. The van der Waals surface area contributed by atoms with Crippen LogP contribution in [-0.2, 0) is 17.1 Å². The number of rotatable bonds is 9. The van der Waals surface area contributed by atoms with Crippen molar-refractivity contribution in [3.05, 3.63) is 78.6 Å². The molecule has 4 rings (SSSR count). The lowest BCUT2D eigenvalue weighted by molar-refractivity contribution is -0.137. The molecule has 0 atom stereocenters. The highest BCUT2D eigenvalue weighted by Gasteiger charge is 2.22. The van der Waals surface area contributed by atoms with Gasteiger partial charge in [0.15, 0.2) is 5.16 Å². The van der Waals surface area contributed by atoms with E-state index in [1.807, 2.05) is 60.7 Å². The third-order valence-corrected chi connectivity index (χ3v) is 6.09. The number of methoxy groups -OCH3 is 2. The lowest BCUT2D eigenvalue weighted by Crippen LogP contribution is -2.11. The zero-order chi connectivity index (χ0) is 23.2. The number of carbonyl (C=O) groups is 1. The van der Waals surface area contributed by atoms with Crippen LogP contribution in [0.25, 0.3) is 22.5 Å². The Balaban J connectivity index is 1.84. The van der Waals surface area contributed by atoms with Gasteiger partial charge in [0, 0.05) is 29.3 Å². The van der Waals surface area contributed by atoms with Crippen LogP contribution in [0.15, 0.2) is 78.2 Å². The zero-order valence-corrected chi connectivity index (χ0v) is 19.1. The lowest BCUT2D eigenvalue weighted by Gasteiger charge is -2.12. The maximum atomic E-state index is 11.8. The number of pyridine rings is 1. The highest BCUT2D eigenvalue weighted by Crippen LogP contribution is 2.37. The Bertz CT molecular complexity index is 1220.